The molecule has 1 unspecified atom stereocenters. The maximum Gasteiger partial charge on any atom is 0.295 e. The molecule has 3 aromatic carbocycles. The van der Waals surface area contributed by atoms with Crippen LogP contribution >= 0.6 is 11.8 Å². The molecule has 1 heterocycles. The van der Waals surface area contributed by atoms with E-state index in [1.165, 1.54) is 35.7 Å². The number of ketones is 1. The van der Waals surface area contributed by atoms with Crippen LogP contribution in [0.5, 0.6) is 0 Å². The van der Waals surface area contributed by atoms with Crippen LogP contribution in [0.3, 0.4) is 0 Å². The lowest BCUT2D eigenvalue weighted by molar-refractivity contribution is -0.117. The summed E-state index contributed by atoms with van der Waals surface area (Å²) in [4.78, 5) is 26.7. The van der Waals surface area contributed by atoms with E-state index >= 15 is 0 Å². The minimum atomic E-state index is -4.19. The molecular formula is C25H21NO5S2. The van der Waals surface area contributed by atoms with E-state index in [4.69, 9.17) is 0 Å². The summed E-state index contributed by atoms with van der Waals surface area (Å²) in [6.07, 6.45) is 1.92. The molecule has 1 aliphatic rings. The molecule has 8 heteroatoms. The van der Waals surface area contributed by atoms with Crippen molar-refractivity contribution in [2.45, 2.75) is 22.8 Å². The average Bonchev–Trinajstić information content (AvgIpc) is 3.10. The summed E-state index contributed by atoms with van der Waals surface area (Å²) in [5.41, 5.74) is 1.37. The molecule has 1 N–H and O–H groups in total. The fraction of sp³-hybridized carbons (Fsp3) is 0.120. The van der Waals surface area contributed by atoms with Crippen LogP contribution in [0, 0.1) is 0 Å². The molecule has 0 saturated heterocycles. The molecule has 6 nitrogen and oxygen atoms in total. The second kappa shape index (κ2) is 8.88. The van der Waals surface area contributed by atoms with Crippen molar-refractivity contribution in [1.29, 1.82) is 0 Å². The van der Waals surface area contributed by atoms with Crippen LogP contribution in [0.25, 0.3) is 0 Å². The van der Waals surface area contributed by atoms with Crippen molar-refractivity contribution < 1.29 is 23.1 Å². The van der Waals surface area contributed by atoms with Gasteiger partial charge in [-0.05, 0) is 67.3 Å². The fourth-order valence-corrected chi connectivity index (χ4v) is 5.85. The standard InChI is InChI=1S/C25H21NO5S2/c1-16(27)17-8-12-19(13-9-17)26-22(18-10-14-20(32-2)15-11-18)24(23(28)25(26)29)33(30,31)21-6-4-3-5-7-21/h3-15,22,28H,1-2H3. The Bertz CT molecular complexity index is 1350. The smallest absolute Gasteiger partial charge is 0.295 e. The Kier molecular flexibility index (Phi) is 6.14. The molecule has 0 spiro atoms. The quantitative estimate of drug-likeness (QED) is 0.398. The maximum absolute atomic E-state index is 13.6. The number of aliphatic hydroxyl groups is 1. The molecule has 1 amide bonds. The van der Waals surface area contributed by atoms with E-state index in [0.717, 1.165) is 4.90 Å². The molecule has 1 atom stereocenters. The number of carbonyl (C=O) groups is 2. The van der Waals surface area contributed by atoms with Gasteiger partial charge in [0.1, 0.15) is 10.9 Å². The molecular weight excluding hydrogens is 458 g/mol. The van der Waals surface area contributed by atoms with Gasteiger partial charge in [0.15, 0.2) is 11.5 Å². The highest BCUT2D eigenvalue weighted by Crippen LogP contribution is 2.45. The van der Waals surface area contributed by atoms with Crippen LogP contribution in [-0.4, -0.2) is 31.5 Å². The lowest BCUT2D eigenvalue weighted by Gasteiger charge is -2.27. The van der Waals surface area contributed by atoms with E-state index in [1.54, 1.807) is 54.6 Å². The van der Waals surface area contributed by atoms with Gasteiger partial charge in [-0.1, -0.05) is 30.3 Å². The van der Waals surface area contributed by atoms with Gasteiger partial charge in [0.05, 0.1) is 4.90 Å². The lowest BCUT2D eigenvalue weighted by Crippen LogP contribution is -2.31. The van der Waals surface area contributed by atoms with Gasteiger partial charge in [-0.25, -0.2) is 8.42 Å². The molecule has 1 aliphatic heterocycles. The van der Waals surface area contributed by atoms with Crippen LogP contribution in [0.15, 0.2) is 99.3 Å². The van der Waals surface area contributed by atoms with Crippen LogP contribution < -0.4 is 4.90 Å². The Labute approximate surface area is 196 Å². The van der Waals surface area contributed by atoms with E-state index in [2.05, 4.69) is 0 Å². The molecule has 0 bridgehead atoms. The number of nitrogens with zero attached hydrogens (tertiary/aromatic N) is 1. The first-order chi connectivity index (χ1) is 15.8. The highest BCUT2D eigenvalue weighted by Gasteiger charge is 2.47. The van der Waals surface area contributed by atoms with Gasteiger partial charge in [-0.15, -0.1) is 11.8 Å². The van der Waals surface area contributed by atoms with E-state index < -0.39 is 27.5 Å². The number of benzene rings is 3. The van der Waals surface area contributed by atoms with Crippen molar-refractivity contribution in [3.63, 3.8) is 0 Å². The first-order valence-corrected chi connectivity index (χ1v) is 12.8. The van der Waals surface area contributed by atoms with Crippen molar-refractivity contribution in [2.75, 3.05) is 11.2 Å². The highest BCUT2D eigenvalue weighted by atomic mass is 32.2. The molecule has 168 valence electrons. The predicted molar refractivity (Wildman–Crippen MR) is 128 cm³/mol. The Morgan fingerprint density at radius 2 is 1.55 bits per heavy atom. The van der Waals surface area contributed by atoms with Gasteiger partial charge in [0.2, 0.25) is 9.84 Å². The van der Waals surface area contributed by atoms with Gasteiger partial charge >= 0.3 is 0 Å². The van der Waals surface area contributed by atoms with Gasteiger partial charge in [0.25, 0.3) is 5.91 Å². The van der Waals surface area contributed by atoms with Crippen LogP contribution in [0.2, 0.25) is 0 Å². The average molecular weight is 480 g/mol. The van der Waals surface area contributed by atoms with Crippen molar-refractivity contribution >= 4 is 39.0 Å². The largest absolute Gasteiger partial charge is 0.502 e. The number of amides is 1. The van der Waals surface area contributed by atoms with Crippen molar-refractivity contribution in [1.82, 2.24) is 0 Å². The van der Waals surface area contributed by atoms with Crippen molar-refractivity contribution in [2.24, 2.45) is 0 Å². The Morgan fingerprint density at radius 3 is 2.09 bits per heavy atom. The number of sulfone groups is 1. The van der Waals surface area contributed by atoms with Crippen LogP contribution in [-0.2, 0) is 14.6 Å². The van der Waals surface area contributed by atoms with E-state index in [0.29, 0.717) is 16.8 Å². The Morgan fingerprint density at radius 1 is 0.939 bits per heavy atom. The number of carbonyl (C=O) groups excluding carboxylic acids is 2. The van der Waals surface area contributed by atoms with Gasteiger partial charge in [-0.3, -0.25) is 14.5 Å². The molecule has 0 aromatic heterocycles. The Balaban J connectivity index is 1.91. The lowest BCUT2D eigenvalue weighted by atomic mass is 10.1. The number of thioether (sulfide) groups is 1. The first kappa shape index (κ1) is 22.8. The van der Waals surface area contributed by atoms with Crippen molar-refractivity contribution in [3.05, 3.63) is 101 Å². The Hall–Kier alpha value is -3.36. The van der Waals surface area contributed by atoms with Crippen LogP contribution in [0.1, 0.15) is 28.9 Å². The minimum Gasteiger partial charge on any atom is -0.502 e. The number of aliphatic hydroxyl groups excluding tert-OH is 1. The van der Waals surface area contributed by atoms with Crippen LogP contribution in [0.4, 0.5) is 5.69 Å². The summed E-state index contributed by atoms with van der Waals surface area (Å²) in [6.45, 7) is 1.43. The second-order valence-electron chi connectivity index (χ2n) is 7.48. The summed E-state index contributed by atoms with van der Waals surface area (Å²) in [6, 6.07) is 20.1. The molecule has 3 aromatic rings. The predicted octanol–water partition coefficient (Wildman–Crippen LogP) is 4.94. The molecule has 0 radical (unpaired) electrons. The molecule has 0 fully saturated rings. The summed E-state index contributed by atoms with van der Waals surface area (Å²) in [5.74, 6) is -1.76. The molecule has 0 aliphatic carbocycles. The number of hydrogen-bond donors (Lipinski definition) is 1. The number of hydrogen-bond acceptors (Lipinski definition) is 6. The number of rotatable bonds is 6. The zero-order valence-corrected chi connectivity index (χ0v) is 19.6. The van der Waals surface area contributed by atoms with E-state index in [-0.39, 0.29) is 15.6 Å². The SMILES string of the molecule is CSc1ccc(C2C(S(=O)(=O)c3ccccc3)=C(O)C(=O)N2c2ccc(C(C)=O)cc2)cc1. The second-order valence-corrected chi connectivity index (χ2v) is 10.3. The third kappa shape index (κ3) is 4.07. The first-order valence-electron chi connectivity index (χ1n) is 10.1. The normalized spacial score (nSPS) is 16.4. The fourth-order valence-electron chi connectivity index (χ4n) is 3.79. The summed E-state index contributed by atoms with van der Waals surface area (Å²) in [5, 5.41) is 10.8. The number of Topliss-reactive ketones (excluding diaryl/α,β-unsaturated/α-hetero) is 1. The molecule has 33 heavy (non-hydrogen) atoms. The third-order valence-electron chi connectivity index (χ3n) is 5.49. The topological polar surface area (TPSA) is 91.8 Å². The molecule has 4 rings (SSSR count). The summed E-state index contributed by atoms with van der Waals surface area (Å²) < 4.78 is 27.1. The zero-order valence-electron chi connectivity index (χ0n) is 17.9. The van der Waals surface area contributed by atoms with Gasteiger partial charge in [-0.2, -0.15) is 0 Å². The summed E-state index contributed by atoms with van der Waals surface area (Å²) >= 11 is 1.53. The maximum atomic E-state index is 13.6. The van der Waals surface area contributed by atoms with Gasteiger partial charge in [0, 0.05) is 16.1 Å². The van der Waals surface area contributed by atoms with Gasteiger partial charge < -0.3 is 5.11 Å². The van der Waals surface area contributed by atoms with E-state index in [1.807, 2.05) is 18.4 Å². The molecule has 0 saturated carbocycles. The minimum absolute atomic E-state index is 0.0149. The van der Waals surface area contributed by atoms with E-state index in [9.17, 15) is 23.1 Å². The summed E-state index contributed by atoms with van der Waals surface area (Å²) in [7, 11) is -4.19. The monoisotopic (exact) mass is 479 g/mol. The highest BCUT2D eigenvalue weighted by molar-refractivity contribution is 7.98. The number of anilines is 1. The third-order valence-corrected chi connectivity index (χ3v) is 8.12. The van der Waals surface area contributed by atoms with Crippen molar-refractivity contribution in [3.8, 4) is 0 Å². The zero-order chi connectivity index (χ0) is 23.8.